The minimum atomic E-state index is -0.101. The molecule has 0 amide bonds. The molecule has 0 spiro atoms. The van der Waals surface area contributed by atoms with E-state index in [2.05, 4.69) is 348 Å². The van der Waals surface area contributed by atoms with Gasteiger partial charge >= 0.3 is 0 Å². The van der Waals surface area contributed by atoms with Crippen molar-refractivity contribution in [2.75, 3.05) is 9.80 Å². The van der Waals surface area contributed by atoms with E-state index in [0.29, 0.717) is 5.56 Å². The van der Waals surface area contributed by atoms with Gasteiger partial charge in [0, 0.05) is 61.6 Å². The second-order valence-electron chi connectivity index (χ2n) is 24.9. The maximum absolute atomic E-state index is 10.6. The maximum Gasteiger partial charge on any atom is 0.252 e. The van der Waals surface area contributed by atoms with Gasteiger partial charge in [0.1, 0.15) is 0 Å². The predicted octanol–water partition coefficient (Wildman–Crippen LogP) is 21.5. The van der Waals surface area contributed by atoms with Gasteiger partial charge in [-0.25, -0.2) is 4.98 Å². The second kappa shape index (κ2) is 23.4. The van der Waals surface area contributed by atoms with Crippen LogP contribution >= 0.6 is 0 Å². The summed E-state index contributed by atoms with van der Waals surface area (Å²) < 4.78 is 2.39. The van der Waals surface area contributed by atoms with E-state index in [-0.39, 0.29) is 6.71 Å². The Kier molecular flexibility index (Phi) is 13.6. The van der Waals surface area contributed by atoms with Gasteiger partial charge in [-0.1, -0.05) is 243 Å². The Hall–Kier alpha value is -12.8. The van der Waals surface area contributed by atoms with Gasteiger partial charge in [-0.2, -0.15) is 5.26 Å². The summed E-state index contributed by atoms with van der Waals surface area (Å²) in [6, 6.07) is 130. The number of anilines is 6. The van der Waals surface area contributed by atoms with Gasteiger partial charge in [-0.15, -0.1) is 0 Å². The van der Waals surface area contributed by atoms with Crippen LogP contribution in [0.5, 0.6) is 0 Å². The van der Waals surface area contributed by atoms with E-state index >= 15 is 0 Å². The van der Waals surface area contributed by atoms with E-state index in [0.717, 1.165) is 151 Å². The summed E-state index contributed by atoms with van der Waals surface area (Å²) in [5.74, 6) is 0. The van der Waals surface area contributed by atoms with Gasteiger partial charge in [-0.3, -0.25) is 0 Å². The largest absolute Gasteiger partial charge is 0.311 e. The van der Waals surface area contributed by atoms with Gasteiger partial charge in [0.05, 0.1) is 39.7 Å². The first-order valence-corrected chi connectivity index (χ1v) is 32.7. The average Bonchev–Trinajstić information content (AvgIpc) is 0.830. The first-order chi connectivity index (χ1) is 47.5. The third-order valence-electron chi connectivity index (χ3n) is 19.3. The molecule has 0 aliphatic carbocycles. The Bertz CT molecular complexity index is 5360. The zero-order valence-corrected chi connectivity index (χ0v) is 52.3. The summed E-state index contributed by atoms with van der Waals surface area (Å²) in [6.07, 6.45) is 0. The average molecular weight is 1220 g/mol. The molecule has 16 aromatic rings. The van der Waals surface area contributed by atoms with Crippen LogP contribution < -0.4 is 26.2 Å². The van der Waals surface area contributed by atoms with Crippen LogP contribution in [0.3, 0.4) is 0 Å². The number of nitriles is 1. The topological polar surface area (TPSA) is 48.1 Å². The van der Waals surface area contributed by atoms with Crippen molar-refractivity contribution in [2.45, 2.75) is 0 Å². The summed E-state index contributed by atoms with van der Waals surface area (Å²) >= 11 is 0. The van der Waals surface area contributed by atoms with Gasteiger partial charge in [0.25, 0.3) is 6.71 Å². The van der Waals surface area contributed by atoms with Crippen LogP contribution in [0.25, 0.3) is 117 Å². The predicted molar refractivity (Wildman–Crippen MR) is 401 cm³/mol. The van der Waals surface area contributed by atoms with E-state index in [1.807, 2.05) is 24.3 Å². The highest BCUT2D eigenvalue weighted by molar-refractivity contribution is 7.00. The van der Waals surface area contributed by atoms with E-state index < -0.39 is 0 Å². The molecule has 6 heteroatoms. The number of hydrogen-bond donors (Lipinski definition) is 0. The number of aromatic nitrogens is 2. The van der Waals surface area contributed by atoms with Crippen molar-refractivity contribution in [3.8, 4) is 101 Å². The van der Waals surface area contributed by atoms with Crippen LogP contribution in [-0.2, 0) is 0 Å². The van der Waals surface area contributed by atoms with Crippen LogP contribution in [-0.4, -0.2) is 16.3 Å². The lowest BCUT2D eigenvalue weighted by atomic mass is 9.33. The Morgan fingerprint density at radius 2 is 0.677 bits per heavy atom. The fourth-order valence-electron chi connectivity index (χ4n) is 14.9. The fourth-order valence-corrected chi connectivity index (χ4v) is 14.9. The van der Waals surface area contributed by atoms with E-state index in [1.54, 1.807) is 0 Å². The molecule has 14 aromatic carbocycles. The number of pyridine rings is 1. The van der Waals surface area contributed by atoms with Gasteiger partial charge in [-0.05, 0) is 187 Å². The van der Waals surface area contributed by atoms with Crippen LogP contribution in [0.15, 0.2) is 352 Å². The zero-order chi connectivity index (χ0) is 63.6. The quantitative estimate of drug-likeness (QED) is 0.121. The lowest BCUT2D eigenvalue weighted by Crippen LogP contribution is -2.61. The van der Waals surface area contributed by atoms with Crippen molar-refractivity contribution >= 4 is 79.0 Å². The number of benzene rings is 14. The molecule has 5 nitrogen and oxygen atoms in total. The summed E-state index contributed by atoms with van der Waals surface area (Å²) in [5, 5.41) is 12.9. The molecule has 4 heterocycles. The monoisotopic (exact) mass is 1220 g/mol. The molecule has 2 aliphatic heterocycles. The van der Waals surface area contributed by atoms with Gasteiger partial charge in [0.15, 0.2) is 0 Å². The molecule has 2 aliphatic rings. The molecular weight excluding hydrogens is 1160 g/mol. The number of fused-ring (bicyclic) bond motifs is 7. The minimum Gasteiger partial charge on any atom is -0.311 e. The van der Waals surface area contributed by atoms with Gasteiger partial charge in [0.2, 0.25) is 0 Å². The smallest absolute Gasteiger partial charge is 0.252 e. The van der Waals surface area contributed by atoms with Crippen LogP contribution in [0.2, 0.25) is 0 Å². The lowest BCUT2D eigenvalue weighted by molar-refractivity contribution is 1.18. The van der Waals surface area contributed by atoms with Crippen molar-refractivity contribution in [2.24, 2.45) is 0 Å². The number of nitrogens with zero attached hydrogens (tertiary/aromatic N) is 5. The highest BCUT2D eigenvalue weighted by Crippen LogP contribution is 2.50. The molecular formula is C90H58BN5. The third-order valence-corrected chi connectivity index (χ3v) is 19.3. The first kappa shape index (κ1) is 56.0. The molecule has 0 saturated heterocycles. The molecule has 0 unspecified atom stereocenters. The van der Waals surface area contributed by atoms with E-state index in [9.17, 15) is 5.26 Å². The Balaban J connectivity index is 0.898. The zero-order valence-electron chi connectivity index (χ0n) is 52.3. The molecule has 0 N–H and O–H groups in total. The Labute approximate surface area is 558 Å². The normalized spacial score (nSPS) is 12.1. The molecule has 0 saturated carbocycles. The maximum atomic E-state index is 10.6. The SMILES string of the molecule is N#Cc1ccc(-n2c3ccccc3c3cc(-c4cc5c6c(c4)N(c4cc(-c7ccccc7)cc(-c7ccccc7)c4)c4ccccc4B6c4ccccc4N5c4cc(-c5ccccc5)cc(-c5ccccc5)c4)ccc32)c(-c2cc(-c3ccccc3)nc(-c3ccccc3)c2)c1. The highest BCUT2D eigenvalue weighted by atomic mass is 15.2. The molecule has 0 fully saturated rings. The first-order valence-electron chi connectivity index (χ1n) is 32.7. The van der Waals surface area contributed by atoms with Crippen molar-refractivity contribution in [3.05, 3.63) is 357 Å². The summed E-state index contributed by atoms with van der Waals surface area (Å²) in [4.78, 5) is 10.4. The fraction of sp³-hybridized carbons (Fsp3) is 0. The van der Waals surface area contributed by atoms with E-state index in [1.165, 1.54) is 16.4 Å². The summed E-state index contributed by atoms with van der Waals surface area (Å²) in [7, 11) is 0. The van der Waals surface area contributed by atoms with E-state index in [4.69, 9.17) is 4.98 Å². The molecule has 0 radical (unpaired) electrons. The standard InChI is InChI=1S/C90H58BN5/c92-59-60-43-45-84(77(47-60)73-55-81(65-33-15-5-16-34-65)93-82(56-73)66-35-17-6-18-36-66)96-83-40-22-19-37-76(83)78-54-67(44-46-85(78)96)72-57-88-90-89(58-72)95(75-52-70(63-29-11-3-12-30-63)49-71(53-75)64-31-13-4-14-32-64)87-42-24-21-39-80(87)91(90)79-38-20-23-41-86(79)94(88)74-50-68(61-25-7-1-8-26-61)48-69(51-74)62-27-9-2-10-28-62/h1-58H. The molecule has 446 valence electrons. The number of para-hydroxylation sites is 3. The molecule has 96 heavy (non-hydrogen) atoms. The van der Waals surface area contributed by atoms with Crippen LogP contribution in [0, 0.1) is 11.3 Å². The van der Waals surface area contributed by atoms with Crippen LogP contribution in [0.1, 0.15) is 5.56 Å². The number of rotatable bonds is 11. The van der Waals surface area contributed by atoms with Crippen molar-refractivity contribution in [3.63, 3.8) is 0 Å². The van der Waals surface area contributed by atoms with Crippen molar-refractivity contribution in [1.82, 2.24) is 9.55 Å². The lowest BCUT2D eigenvalue weighted by Gasteiger charge is -2.44. The highest BCUT2D eigenvalue weighted by Gasteiger charge is 2.44. The second-order valence-corrected chi connectivity index (χ2v) is 24.9. The third kappa shape index (κ3) is 9.68. The molecule has 0 atom stereocenters. The summed E-state index contributed by atoms with van der Waals surface area (Å²) in [6.45, 7) is -0.101. The van der Waals surface area contributed by atoms with Crippen molar-refractivity contribution < 1.29 is 0 Å². The Morgan fingerprint density at radius 3 is 1.15 bits per heavy atom. The molecule has 18 rings (SSSR count). The minimum absolute atomic E-state index is 0.101. The summed E-state index contributed by atoms with van der Waals surface area (Å²) in [5.41, 5.74) is 31.0. The van der Waals surface area contributed by atoms with Crippen LogP contribution in [0.4, 0.5) is 34.1 Å². The number of hydrogen-bond acceptors (Lipinski definition) is 4. The van der Waals surface area contributed by atoms with Crippen molar-refractivity contribution in [1.29, 1.82) is 5.26 Å². The molecule has 0 bridgehead atoms. The van der Waals surface area contributed by atoms with Gasteiger partial charge < -0.3 is 14.4 Å². The molecule has 2 aromatic heterocycles. The Morgan fingerprint density at radius 1 is 0.271 bits per heavy atom.